The summed E-state index contributed by atoms with van der Waals surface area (Å²) in [5, 5.41) is 8.79. The number of carbonyl (C=O) groups excluding carboxylic acids is 1. The summed E-state index contributed by atoms with van der Waals surface area (Å²) in [5.74, 6) is -0.684. The Balaban J connectivity index is 4.02. The summed E-state index contributed by atoms with van der Waals surface area (Å²) >= 11 is 0. The Kier molecular flexibility index (Phi) is 4.24. The Morgan fingerprint density at radius 1 is 1.50 bits per heavy atom. The number of hydrogen-bond donors (Lipinski definition) is 1. The molecule has 0 saturated heterocycles. The van der Waals surface area contributed by atoms with E-state index in [-0.39, 0.29) is 18.5 Å². The van der Waals surface area contributed by atoms with Gasteiger partial charge in [-0.3, -0.25) is 4.79 Å². The smallest absolute Gasteiger partial charge is 0.311 e. The molecule has 0 rings (SSSR count). The molecule has 12 heavy (non-hydrogen) atoms. The van der Waals surface area contributed by atoms with Gasteiger partial charge in [-0.1, -0.05) is 6.92 Å². The first-order valence-corrected chi connectivity index (χ1v) is 4.24. The highest BCUT2D eigenvalue weighted by Gasteiger charge is 2.22. The first kappa shape index (κ1) is 11.4. The van der Waals surface area contributed by atoms with Crippen LogP contribution in [0.2, 0.25) is 0 Å². The van der Waals surface area contributed by atoms with Gasteiger partial charge in [0.05, 0.1) is 12.5 Å². The highest BCUT2D eigenvalue weighted by atomic mass is 16.6. The second-order valence-electron chi connectivity index (χ2n) is 3.82. The number of carbonyl (C=O) groups is 1. The number of hydrogen-bond acceptors (Lipinski definition) is 3. The minimum Gasteiger partial charge on any atom is -0.460 e. The van der Waals surface area contributed by atoms with Crippen molar-refractivity contribution in [2.24, 2.45) is 5.92 Å². The van der Waals surface area contributed by atoms with Crippen LogP contribution in [0.3, 0.4) is 0 Å². The van der Waals surface area contributed by atoms with Gasteiger partial charge in [-0.15, -0.1) is 0 Å². The fourth-order valence-electron chi connectivity index (χ4n) is 0.755. The molecule has 0 spiro atoms. The molecule has 1 N–H and O–H groups in total. The summed E-state index contributed by atoms with van der Waals surface area (Å²) in [4.78, 5) is 11.2. The van der Waals surface area contributed by atoms with E-state index in [0.29, 0.717) is 6.42 Å². The van der Waals surface area contributed by atoms with Crippen LogP contribution in [0.1, 0.15) is 34.1 Å². The van der Waals surface area contributed by atoms with E-state index >= 15 is 0 Å². The van der Waals surface area contributed by atoms with Crippen molar-refractivity contribution in [2.45, 2.75) is 39.7 Å². The van der Waals surface area contributed by atoms with Gasteiger partial charge in [0.25, 0.3) is 0 Å². The molecule has 0 aromatic heterocycles. The van der Waals surface area contributed by atoms with Crippen LogP contribution in [0, 0.1) is 5.92 Å². The van der Waals surface area contributed by atoms with Gasteiger partial charge in [0.2, 0.25) is 0 Å². The van der Waals surface area contributed by atoms with Gasteiger partial charge in [-0.2, -0.15) is 0 Å². The number of esters is 1. The molecule has 0 aromatic carbocycles. The van der Waals surface area contributed by atoms with Gasteiger partial charge in [0.15, 0.2) is 0 Å². The topological polar surface area (TPSA) is 46.5 Å². The quantitative estimate of drug-likeness (QED) is 0.657. The predicted octanol–water partition coefficient (Wildman–Crippen LogP) is 1.35. The minimum absolute atomic E-state index is 0.134. The lowest BCUT2D eigenvalue weighted by molar-refractivity contribution is -0.161. The molecule has 0 radical (unpaired) electrons. The Morgan fingerprint density at radius 3 is 2.25 bits per heavy atom. The lowest BCUT2D eigenvalue weighted by Gasteiger charge is -2.22. The lowest BCUT2D eigenvalue weighted by Crippen LogP contribution is -2.30. The summed E-state index contributed by atoms with van der Waals surface area (Å²) in [7, 11) is 0. The summed E-state index contributed by atoms with van der Waals surface area (Å²) in [6, 6.07) is 0. The molecule has 0 bridgehead atoms. The van der Waals surface area contributed by atoms with Crippen LogP contribution in [-0.2, 0) is 9.53 Å². The van der Waals surface area contributed by atoms with Crippen LogP contribution >= 0.6 is 0 Å². The van der Waals surface area contributed by atoms with Crippen LogP contribution in [-0.4, -0.2) is 23.3 Å². The Morgan fingerprint density at radius 2 is 2.00 bits per heavy atom. The van der Waals surface area contributed by atoms with E-state index in [9.17, 15) is 4.79 Å². The number of aliphatic hydroxyl groups excluding tert-OH is 1. The summed E-state index contributed by atoms with van der Waals surface area (Å²) in [6.07, 6.45) is 0.616. The largest absolute Gasteiger partial charge is 0.460 e. The van der Waals surface area contributed by atoms with E-state index in [4.69, 9.17) is 9.84 Å². The molecular weight excluding hydrogens is 156 g/mol. The second kappa shape index (κ2) is 4.45. The molecule has 0 fully saturated rings. The molecule has 0 aliphatic carbocycles. The third-order valence-electron chi connectivity index (χ3n) is 1.45. The van der Waals surface area contributed by atoms with Crippen LogP contribution in [0.15, 0.2) is 0 Å². The Bertz CT molecular complexity index is 142. The molecule has 0 saturated carbocycles. The SMILES string of the molecule is CC[C@@H](CO)C(=O)OC(C)(C)C. The monoisotopic (exact) mass is 174 g/mol. The zero-order chi connectivity index (χ0) is 9.78. The number of ether oxygens (including phenoxy) is 1. The van der Waals surface area contributed by atoms with Gasteiger partial charge in [0.1, 0.15) is 5.60 Å². The molecule has 0 heterocycles. The zero-order valence-corrected chi connectivity index (χ0v) is 8.26. The number of aliphatic hydroxyl groups is 1. The van der Waals surface area contributed by atoms with Crippen molar-refractivity contribution in [3.8, 4) is 0 Å². The van der Waals surface area contributed by atoms with Crippen molar-refractivity contribution >= 4 is 5.97 Å². The van der Waals surface area contributed by atoms with Crippen molar-refractivity contribution in [2.75, 3.05) is 6.61 Å². The van der Waals surface area contributed by atoms with Crippen molar-refractivity contribution in [3.05, 3.63) is 0 Å². The van der Waals surface area contributed by atoms with Crippen molar-refractivity contribution in [1.82, 2.24) is 0 Å². The Hall–Kier alpha value is -0.570. The maximum absolute atomic E-state index is 11.2. The normalized spacial score (nSPS) is 14.1. The van der Waals surface area contributed by atoms with E-state index < -0.39 is 5.60 Å². The van der Waals surface area contributed by atoms with E-state index in [2.05, 4.69) is 0 Å². The predicted molar refractivity (Wildman–Crippen MR) is 46.7 cm³/mol. The second-order valence-corrected chi connectivity index (χ2v) is 3.82. The van der Waals surface area contributed by atoms with Crippen LogP contribution in [0.5, 0.6) is 0 Å². The third-order valence-corrected chi connectivity index (χ3v) is 1.45. The van der Waals surface area contributed by atoms with Crippen molar-refractivity contribution in [1.29, 1.82) is 0 Å². The maximum Gasteiger partial charge on any atom is 0.311 e. The minimum atomic E-state index is -0.459. The van der Waals surface area contributed by atoms with Gasteiger partial charge >= 0.3 is 5.97 Å². The third kappa shape index (κ3) is 4.34. The van der Waals surface area contributed by atoms with Gasteiger partial charge in [-0.25, -0.2) is 0 Å². The fraction of sp³-hybridized carbons (Fsp3) is 0.889. The molecule has 0 aliphatic rings. The standard InChI is InChI=1S/C9H18O3/c1-5-7(6-10)8(11)12-9(2,3)4/h7,10H,5-6H2,1-4H3/t7-/m0/s1. The summed E-state index contributed by atoms with van der Waals surface area (Å²) in [6.45, 7) is 7.16. The van der Waals surface area contributed by atoms with Crippen LogP contribution in [0.4, 0.5) is 0 Å². The Labute approximate surface area is 73.7 Å². The van der Waals surface area contributed by atoms with E-state index in [1.165, 1.54) is 0 Å². The molecule has 0 aliphatic heterocycles. The van der Waals surface area contributed by atoms with Crippen LogP contribution < -0.4 is 0 Å². The molecule has 0 aromatic rings. The van der Waals surface area contributed by atoms with Gasteiger partial charge in [-0.05, 0) is 27.2 Å². The molecule has 0 amide bonds. The van der Waals surface area contributed by atoms with E-state index in [0.717, 1.165) is 0 Å². The average Bonchev–Trinajstić information content (AvgIpc) is 1.85. The first-order valence-electron chi connectivity index (χ1n) is 4.24. The van der Waals surface area contributed by atoms with Crippen molar-refractivity contribution < 1.29 is 14.6 Å². The first-order chi connectivity index (χ1) is 5.40. The molecule has 1 atom stereocenters. The highest BCUT2D eigenvalue weighted by Crippen LogP contribution is 2.12. The van der Waals surface area contributed by atoms with Gasteiger partial charge < -0.3 is 9.84 Å². The maximum atomic E-state index is 11.2. The molecule has 3 heteroatoms. The molecule has 72 valence electrons. The van der Waals surface area contributed by atoms with Gasteiger partial charge in [0, 0.05) is 0 Å². The highest BCUT2D eigenvalue weighted by molar-refractivity contribution is 5.72. The summed E-state index contributed by atoms with van der Waals surface area (Å²) < 4.78 is 5.08. The van der Waals surface area contributed by atoms with E-state index in [1.807, 2.05) is 27.7 Å². The van der Waals surface area contributed by atoms with Crippen molar-refractivity contribution in [3.63, 3.8) is 0 Å². The molecular formula is C9H18O3. The number of rotatable bonds is 3. The molecule has 0 unspecified atom stereocenters. The fourth-order valence-corrected chi connectivity index (χ4v) is 0.755. The zero-order valence-electron chi connectivity index (χ0n) is 8.26. The lowest BCUT2D eigenvalue weighted by atomic mass is 10.1. The van der Waals surface area contributed by atoms with E-state index in [1.54, 1.807) is 0 Å². The molecule has 3 nitrogen and oxygen atoms in total. The van der Waals surface area contributed by atoms with Crippen LogP contribution in [0.25, 0.3) is 0 Å². The average molecular weight is 174 g/mol. The summed E-state index contributed by atoms with van der Waals surface area (Å²) in [5.41, 5.74) is -0.459.